The third kappa shape index (κ3) is 3.60. The van der Waals surface area contributed by atoms with E-state index in [2.05, 4.69) is 82.9 Å². The van der Waals surface area contributed by atoms with Crippen molar-refractivity contribution in [1.82, 2.24) is 5.32 Å². The zero-order chi connectivity index (χ0) is 20.3. The molecule has 1 atom stereocenters. The lowest BCUT2D eigenvalue weighted by Gasteiger charge is -2.51. The van der Waals surface area contributed by atoms with Crippen LogP contribution in [-0.2, 0) is 5.21 Å². The smallest absolute Gasteiger partial charge is 0.197 e. The molecule has 0 amide bonds. The standard InChI is InChI=1S/C12H28B11NO2/c1-2-9(16,24-11(19,20)21)10(17,18)3-4(13)6(15)8-7(5(3)14)25-12(22,23)26-8/h24H,2,13-23H2,1H3. The Hall–Kier alpha value is -0.506. The summed E-state index contributed by atoms with van der Waals surface area (Å²) in [5, 5.41) is 3.86. The fraction of sp³-hybridized carbons (Fsp3) is 0.500. The van der Waals surface area contributed by atoms with Gasteiger partial charge in [0, 0.05) is 0 Å². The van der Waals surface area contributed by atoms with E-state index < -0.39 is 5.59 Å². The second kappa shape index (κ2) is 6.53. The maximum atomic E-state index is 6.20. The van der Waals surface area contributed by atoms with Crippen molar-refractivity contribution in [2.45, 2.75) is 34.8 Å². The molecule has 1 unspecified atom stereocenters. The summed E-state index contributed by atoms with van der Waals surface area (Å²) in [6.07, 6.45) is 1.04. The molecule has 0 aromatic heterocycles. The van der Waals surface area contributed by atoms with Crippen molar-refractivity contribution in [2.75, 3.05) is 0 Å². The van der Waals surface area contributed by atoms with Gasteiger partial charge in [0.15, 0.2) is 32.8 Å². The average molecular weight is 337 g/mol. The maximum Gasteiger partial charge on any atom is 0.197 e. The number of benzene rings is 1. The summed E-state index contributed by atoms with van der Waals surface area (Å²) in [5.41, 5.74) is 4.41. The van der Waals surface area contributed by atoms with E-state index in [1.54, 1.807) is 0 Å². The second-order valence-corrected chi connectivity index (χ2v) is 10.2. The Bertz CT molecular complexity index is 733. The molecule has 0 saturated carbocycles. The molecule has 0 fully saturated rings. The van der Waals surface area contributed by atoms with E-state index in [4.69, 9.17) is 9.47 Å². The average Bonchev–Trinajstić information content (AvgIpc) is 2.79. The van der Waals surface area contributed by atoms with Gasteiger partial charge in [0.25, 0.3) is 0 Å². The number of hydrogen-bond acceptors (Lipinski definition) is 3. The Morgan fingerprint density at radius 1 is 0.846 bits per heavy atom. The van der Waals surface area contributed by atoms with E-state index >= 15 is 0 Å². The van der Waals surface area contributed by atoms with E-state index in [-0.39, 0.29) is 15.9 Å². The molecule has 1 aromatic rings. The fourth-order valence-electron chi connectivity index (χ4n) is 4.58. The van der Waals surface area contributed by atoms with Gasteiger partial charge in [0.1, 0.15) is 70.6 Å². The molecule has 3 nitrogen and oxygen atoms in total. The van der Waals surface area contributed by atoms with Crippen molar-refractivity contribution >= 4 is 103 Å². The lowest BCUT2D eigenvalue weighted by molar-refractivity contribution is 0.0844. The van der Waals surface area contributed by atoms with Gasteiger partial charge >= 0.3 is 0 Å². The summed E-state index contributed by atoms with van der Waals surface area (Å²) >= 11 is 0. The highest BCUT2D eigenvalue weighted by molar-refractivity contribution is 6.60. The topological polar surface area (TPSA) is 30.5 Å². The Labute approximate surface area is 169 Å². The monoisotopic (exact) mass is 339 g/mol. The molecule has 2 rings (SSSR count). The zero-order valence-corrected chi connectivity index (χ0v) is 19.0. The molecule has 0 bridgehead atoms. The molecule has 0 aliphatic carbocycles. The highest BCUT2D eigenvalue weighted by atomic mass is 16.7. The predicted octanol–water partition coefficient (Wildman–Crippen LogP) is -11.6. The van der Waals surface area contributed by atoms with Gasteiger partial charge in [-0.15, -0.1) is 0 Å². The van der Waals surface area contributed by atoms with Crippen molar-refractivity contribution in [3.63, 3.8) is 0 Å². The van der Waals surface area contributed by atoms with Crippen LogP contribution in [0.5, 0.6) is 11.5 Å². The van der Waals surface area contributed by atoms with E-state index in [1.165, 1.54) is 22.0 Å². The second-order valence-electron chi connectivity index (χ2n) is 10.2. The first-order chi connectivity index (χ1) is 11.6. The van der Waals surface area contributed by atoms with Crippen LogP contribution in [0.4, 0.5) is 0 Å². The fourth-order valence-corrected chi connectivity index (χ4v) is 4.58. The summed E-state index contributed by atoms with van der Waals surface area (Å²) in [6.45, 7) is 2.27. The first-order valence-electron chi connectivity index (χ1n) is 9.88. The molecule has 1 aliphatic heterocycles. The molecule has 14 heteroatoms. The van der Waals surface area contributed by atoms with Crippen LogP contribution >= 0.6 is 0 Å². The van der Waals surface area contributed by atoms with Crippen LogP contribution in [0.1, 0.15) is 18.9 Å². The van der Waals surface area contributed by atoms with Crippen molar-refractivity contribution in [3.8, 4) is 11.5 Å². The number of rotatable bonds is 5. The molecule has 1 N–H and O–H groups in total. The predicted molar refractivity (Wildman–Crippen MR) is 144 cm³/mol. The van der Waals surface area contributed by atoms with E-state index in [0.717, 1.165) is 17.9 Å². The largest absolute Gasteiger partial charge is 0.467 e. The van der Waals surface area contributed by atoms with Crippen LogP contribution < -0.4 is 31.2 Å². The molecule has 1 aliphatic rings. The van der Waals surface area contributed by atoms with Crippen molar-refractivity contribution < 1.29 is 9.47 Å². The molecule has 0 saturated heterocycles. The Morgan fingerprint density at radius 3 is 1.73 bits per heavy atom. The quantitative estimate of drug-likeness (QED) is 0.542. The first-order valence-corrected chi connectivity index (χ1v) is 9.88. The van der Waals surface area contributed by atoms with E-state index in [1.807, 2.05) is 15.7 Å². The molecule has 0 radical (unpaired) electrons. The van der Waals surface area contributed by atoms with E-state index in [9.17, 15) is 0 Å². The van der Waals surface area contributed by atoms with Gasteiger partial charge in [-0.2, -0.15) is 0 Å². The Kier molecular flexibility index (Phi) is 5.47. The van der Waals surface area contributed by atoms with Crippen LogP contribution in [-0.4, -0.2) is 103 Å². The number of nitrogens with one attached hydrogen (secondary N) is 1. The van der Waals surface area contributed by atoms with Gasteiger partial charge in [-0.1, -0.05) is 28.4 Å². The summed E-state index contributed by atoms with van der Waals surface area (Å²) in [6, 6.07) is 0. The molecule has 1 aromatic carbocycles. The van der Waals surface area contributed by atoms with Gasteiger partial charge in [0.05, 0.1) is 0 Å². The van der Waals surface area contributed by atoms with Crippen LogP contribution in [0.25, 0.3) is 0 Å². The van der Waals surface area contributed by atoms with Crippen LogP contribution in [0.15, 0.2) is 0 Å². The Balaban J connectivity index is 2.70. The van der Waals surface area contributed by atoms with Gasteiger partial charge in [-0.05, 0) is 22.8 Å². The number of fused-ring (bicyclic) bond motifs is 1. The lowest BCUT2D eigenvalue weighted by atomic mass is 9.33. The third-order valence-electron chi connectivity index (χ3n) is 6.26. The highest BCUT2D eigenvalue weighted by Gasteiger charge is 2.45. The minimum atomic E-state index is -0.606. The Morgan fingerprint density at radius 2 is 1.31 bits per heavy atom. The maximum absolute atomic E-state index is 6.20. The molecular formula is C12H28B11NO2. The van der Waals surface area contributed by atoms with Gasteiger partial charge in [0.2, 0.25) is 0 Å². The normalized spacial score (nSPS) is 18.3. The van der Waals surface area contributed by atoms with Gasteiger partial charge < -0.3 is 14.8 Å². The van der Waals surface area contributed by atoms with Crippen molar-refractivity contribution in [2.24, 2.45) is 0 Å². The summed E-state index contributed by atoms with van der Waals surface area (Å²) in [7, 11) is 24.3. The van der Waals surface area contributed by atoms with Crippen LogP contribution in [0.2, 0.25) is 0 Å². The molecule has 26 heavy (non-hydrogen) atoms. The SMILES string of the molecule is Bc1c(B)c(C(B)(B)C(B)(CC)NC(B)(B)B)c(B)c2c1OC(B)(B)O2. The van der Waals surface area contributed by atoms with Gasteiger partial charge in [-0.3, -0.25) is 0 Å². The molecular weight excluding hydrogens is 309 g/mol. The summed E-state index contributed by atoms with van der Waals surface area (Å²) in [4.78, 5) is 0. The van der Waals surface area contributed by atoms with E-state index in [0.29, 0.717) is 0 Å². The zero-order valence-electron chi connectivity index (χ0n) is 19.0. The first kappa shape index (κ1) is 21.8. The minimum absolute atomic E-state index is 0.0389. The lowest BCUT2D eigenvalue weighted by Crippen LogP contribution is -2.71. The minimum Gasteiger partial charge on any atom is -0.467 e. The van der Waals surface area contributed by atoms with Crippen LogP contribution in [0, 0.1) is 0 Å². The summed E-state index contributed by atoms with van der Waals surface area (Å²) in [5.74, 6) is 1.82. The highest BCUT2D eigenvalue weighted by Crippen LogP contribution is 2.37. The van der Waals surface area contributed by atoms with Crippen LogP contribution in [0.3, 0.4) is 0 Å². The molecule has 0 spiro atoms. The number of hydrogen-bond donors (Lipinski definition) is 1. The number of ether oxygens (including phenoxy) is 2. The van der Waals surface area contributed by atoms with Crippen molar-refractivity contribution in [1.29, 1.82) is 0 Å². The van der Waals surface area contributed by atoms with Gasteiger partial charge in [-0.25, -0.2) is 0 Å². The summed E-state index contributed by atoms with van der Waals surface area (Å²) < 4.78 is 12.3. The van der Waals surface area contributed by atoms with Crippen molar-refractivity contribution in [3.05, 3.63) is 5.56 Å². The third-order valence-corrected chi connectivity index (χ3v) is 6.26. The molecule has 1 heterocycles. The molecule has 126 valence electrons.